The number of hydrogen-bond donors (Lipinski definition) is 0. The third kappa shape index (κ3) is 6.63. The first kappa shape index (κ1) is 11.2. The Bertz CT molecular complexity index is 90.4. The Morgan fingerprint density at radius 1 is 1.18 bits per heavy atom. The molecule has 0 aliphatic heterocycles. The fourth-order valence-corrected chi connectivity index (χ4v) is 0.684. The van der Waals surface area contributed by atoms with Gasteiger partial charge in [0.25, 0.3) is 0 Å². The Morgan fingerprint density at radius 2 is 1.64 bits per heavy atom. The molecule has 0 saturated heterocycles. The summed E-state index contributed by atoms with van der Waals surface area (Å²) in [6, 6.07) is 0. The number of halogens is 2. The largest absolute Gasteiger partial charge is 0.348 e. The summed E-state index contributed by atoms with van der Waals surface area (Å²) in [4.78, 5) is 0. The lowest BCUT2D eigenvalue weighted by Gasteiger charge is -2.12. The maximum atomic E-state index is 5.40. The predicted octanol–water partition coefficient (Wildman–Crippen LogP) is 2.01. The van der Waals surface area contributed by atoms with Crippen molar-refractivity contribution < 1.29 is 9.47 Å². The van der Waals surface area contributed by atoms with E-state index in [2.05, 4.69) is 6.58 Å². The molecule has 0 N–H and O–H groups in total. The van der Waals surface area contributed by atoms with Crippen LogP contribution in [0.3, 0.4) is 0 Å². The third-order valence-corrected chi connectivity index (χ3v) is 1.22. The van der Waals surface area contributed by atoms with Crippen LogP contribution >= 0.6 is 23.2 Å². The lowest BCUT2D eigenvalue weighted by molar-refractivity contribution is -0.102. The first-order valence-electron chi connectivity index (χ1n) is 3.32. The summed E-state index contributed by atoms with van der Waals surface area (Å²) < 4.78 is 10.2. The molecule has 0 radical (unpaired) electrons. The topological polar surface area (TPSA) is 18.5 Å². The van der Waals surface area contributed by atoms with Gasteiger partial charge in [-0.3, -0.25) is 0 Å². The van der Waals surface area contributed by atoms with Crippen LogP contribution in [-0.4, -0.2) is 31.3 Å². The highest BCUT2D eigenvalue weighted by molar-refractivity contribution is 6.18. The van der Waals surface area contributed by atoms with Gasteiger partial charge in [-0.05, 0) is 6.08 Å². The quantitative estimate of drug-likeness (QED) is 0.354. The molecular formula is C7H12Cl2O2. The lowest BCUT2D eigenvalue weighted by Crippen LogP contribution is -2.16. The Labute approximate surface area is 77.1 Å². The highest BCUT2D eigenvalue weighted by Crippen LogP contribution is 1.96. The average molecular weight is 199 g/mol. The molecule has 2 nitrogen and oxygen atoms in total. The fourth-order valence-electron chi connectivity index (χ4n) is 0.506. The van der Waals surface area contributed by atoms with Crippen LogP contribution in [0.15, 0.2) is 12.7 Å². The monoisotopic (exact) mass is 198 g/mol. The zero-order valence-corrected chi connectivity index (χ0v) is 7.77. The van der Waals surface area contributed by atoms with Gasteiger partial charge < -0.3 is 9.47 Å². The molecule has 0 aromatic rings. The second-order valence-electron chi connectivity index (χ2n) is 1.72. The highest BCUT2D eigenvalue weighted by atomic mass is 35.5. The second kappa shape index (κ2) is 8.34. The molecule has 0 amide bonds. The zero-order valence-electron chi connectivity index (χ0n) is 6.26. The van der Waals surface area contributed by atoms with Crippen molar-refractivity contribution in [3.05, 3.63) is 12.7 Å². The van der Waals surface area contributed by atoms with Gasteiger partial charge in [0.2, 0.25) is 0 Å². The van der Waals surface area contributed by atoms with Gasteiger partial charge in [0.05, 0.1) is 13.2 Å². The van der Waals surface area contributed by atoms with E-state index in [1.807, 2.05) is 0 Å². The van der Waals surface area contributed by atoms with E-state index in [1.54, 1.807) is 6.08 Å². The molecule has 0 spiro atoms. The first-order chi connectivity index (χ1) is 5.35. The normalized spacial score (nSPS) is 10.5. The molecule has 0 atom stereocenters. The first-order valence-corrected chi connectivity index (χ1v) is 4.39. The molecular weight excluding hydrogens is 187 g/mol. The molecule has 4 heteroatoms. The van der Waals surface area contributed by atoms with Crippen molar-refractivity contribution in [1.82, 2.24) is 0 Å². The van der Waals surface area contributed by atoms with Crippen LogP contribution in [0.5, 0.6) is 0 Å². The van der Waals surface area contributed by atoms with Crippen molar-refractivity contribution in [2.45, 2.75) is 6.29 Å². The van der Waals surface area contributed by atoms with Gasteiger partial charge in [0, 0.05) is 11.8 Å². The average Bonchev–Trinajstić information content (AvgIpc) is 2.05. The molecule has 0 aliphatic carbocycles. The minimum absolute atomic E-state index is 0.382. The summed E-state index contributed by atoms with van der Waals surface area (Å²) in [5.74, 6) is 0.906. The summed E-state index contributed by atoms with van der Waals surface area (Å²) in [6.07, 6.45) is 1.19. The van der Waals surface area contributed by atoms with Crippen LogP contribution in [0, 0.1) is 0 Å². The van der Waals surface area contributed by atoms with E-state index in [1.165, 1.54) is 0 Å². The molecule has 0 aromatic heterocycles. The molecule has 0 rings (SSSR count). The van der Waals surface area contributed by atoms with Crippen LogP contribution < -0.4 is 0 Å². The van der Waals surface area contributed by atoms with Gasteiger partial charge in [-0.2, -0.15) is 0 Å². The van der Waals surface area contributed by atoms with Gasteiger partial charge in [-0.1, -0.05) is 6.58 Å². The van der Waals surface area contributed by atoms with Crippen molar-refractivity contribution in [3.8, 4) is 0 Å². The minimum atomic E-state index is -0.382. The zero-order chi connectivity index (χ0) is 8.53. The van der Waals surface area contributed by atoms with Crippen LogP contribution in [0.25, 0.3) is 0 Å². The number of ether oxygens (including phenoxy) is 2. The summed E-state index contributed by atoms with van der Waals surface area (Å²) in [6.45, 7) is 4.45. The number of rotatable bonds is 7. The number of hydrogen-bond acceptors (Lipinski definition) is 2. The van der Waals surface area contributed by atoms with E-state index in [9.17, 15) is 0 Å². The van der Waals surface area contributed by atoms with Crippen molar-refractivity contribution in [2.24, 2.45) is 0 Å². The summed E-state index contributed by atoms with van der Waals surface area (Å²) in [5, 5.41) is 0. The Kier molecular flexibility index (Phi) is 8.52. The Balaban J connectivity index is 3.33. The summed E-state index contributed by atoms with van der Waals surface area (Å²) in [7, 11) is 0. The maximum Gasteiger partial charge on any atom is 0.176 e. The number of alkyl halides is 2. The van der Waals surface area contributed by atoms with Crippen molar-refractivity contribution in [2.75, 3.05) is 25.0 Å². The Morgan fingerprint density at radius 3 is 1.91 bits per heavy atom. The second-order valence-corrected chi connectivity index (χ2v) is 2.48. The van der Waals surface area contributed by atoms with Crippen LogP contribution in [-0.2, 0) is 9.47 Å². The molecule has 0 fully saturated rings. The summed E-state index contributed by atoms with van der Waals surface area (Å²) >= 11 is 10.8. The minimum Gasteiger partial charge on any atom is -0.348 e. The standard InChI is InChI=1S/C7H12Cl2O2/c1-2-7(10-5-3-8)11-6-4-9/h2,7H,1,3-6H2. The lowest BCUT2D eigenvalue weighted by atomic mass is 10.6. The van der Waals surface area contributed by atoms with Crippen molar-refractivity contribution >= 4 is 23.2 Å². The SMILES string of the molecule is C=CC(OCCCl)OCCCl. The van der Waals surface area contributed by atoms with Gasteiger partial charge in [0.1, 0.15) is 0 Å². The van der Waals surface area contributed by atoms with E-state index < -0.39 is 0 Å². The van der Waals surface area contributed by atoms with Crippen LogP contribution in [0.4, 0.5) is 0 Å². The van der Waals surface area contributed by atoms with Gasteiger partial charge in [0.15, 0.2) is 6.29 Å². The maximum absolute atomic E-state index is 5.40. The molecule has 0 bridgehead atoms. The van der Waals surface area contributed by atoms with Gasteiger partial charge in [-0.15, -0.1) is 23.2 Å². The molecule has 0 aliphatic rings. The van der Waals surface area contributed by atoms with E-state index in [0.29, 0.717) is 25.0 Å². The van der Waals surface area contributed by atoms with E-state index in [-0.39, 0.29) is 6.29 Å². The third-order valence-electron chi connectivity index (χ3n) is 0.911. The van der Waals surface area contributed by atoms with E-state index >= 15 is 0 Å². The van der Waals surface area contributed by atoms with E-state index in [4.69, 9.17) is 32.7 Å². The summed E-state index contributed by atoms with van der Waals surface area (Å²) in [5.41, 5.74) is 0. The fraction of sp³-hybridized carbons (Fsp3) is 0.714. The predicted molar refractivity (Wildman–Crippen MR) is 47.3 cm³/mol. The van der Waals surface area contributed by atoms with Crippen molar-refractivity contribution in [3.63, 3.8) is 0 Å². The molecule has 0 saturated carbocycles. The van der Waals surface area contributed by atoms with E-state index in [0.717, 1.165) is 0 Å². The van der Waals surface area contributed by atoms with Gasteiger partial charge >= 0.3 is 0 Å². The Hall–Kier alpha value is 0.240. The van der Waals surface area contributed by atoms with Crippen LogP contribution in [0.1, 0.15) is 0 Å². The molecule has 11 heavy (non-hydrogen) atoms. The molecule has 0 heterocycles. The smallest absolute Gasteiger partial charge is 0.176 e. The molecule has 0 aromatic carbocycles. The molecule has 0 unspecified atom stereocenters. The molecule has 66 valence electrons. The van der Waals surface area contributed by atoms with Crippen molar-refractivity contribution in [1.29, 1.82) is 0 Å². The highest BCUT2D eigenvalue weighted by Gasteiger charge is 2.01. The van der Waals surface area contributed by atoms with Crippen LogP contribution in [0.2, 0.25) is 0 Å². The van der Waals surface area contributed by atoms with Gasteiger partial charge in [-0.25, -0.2) is 0 Å².